The van der Waals surface area contributed by atoms with Gasteiger partial charge in [0.25, 0.3) is 0 Å². The van der Waals surface area contributed by atoms with Gasteiger partial charge in [-0.3, -0.25) is 0 Å². The van der Waals surface area contributed by atoms with Gasteiger partial charge in [0.15, 0.2) is 0 Å². The Morgan fingerprint density at radius 2 is 2.04 bits per heavy atom. The molecule has 5 nitrogen and oxygen atoms in total. The lowest BCUT2D eigenvalue weighted by Gasteiger charge is -2.31. The molecule has 0 amide bonds. The van der Waals surface area contributed by atoms with Crippen LogP contribution in [0, 0.1) is 0 Å². The Morgan fingerprint density at radius 1 is 1.26 bits per heavy atom. The third-order valence-electron chi connectivity index (χ3n) is 4.77. The van der Waals surface area contributed by atoms with Gasteiger partial charge in [0.1, 0.15) is 30.7 Å². The third kappa shape index (κ3) is 4.22. The normalized spacial score (nSPS) is 25.8. The number of methoxy groups -OCH3 is 2. The minimum atomic E-state index is -4.39. The molecule has 27 heavy (non-hydrogen) atoms. The fraction of sp³-hybridized carbons (Fsp3) is 0.474. The summed E-state index contributed by atoms with van der Waals surface area (Å²) in [7, 11) is 4.98. The molecule has 1 aliphatic carbocycles. The highest BCUT2D eigenvalue weighted by atomic mass is 19.4. The Morgan fingerprint density at radius 3 is 2.70 bits per heavy atom. The number of rotatable bonds is 6. The first-order valence-electron chi connectivity index (χ1n) is 8.56. The molecule has 8 heteroatoms. The maximum Gasteiger partial charge on any atom is 0.411 e. The van der Waals surface area contributed by atoms with E-state index >= 15 is 0 Å². The molecule has 3 aliphatic rings. The molecule has 0 bridgehead atoms. The van der Waals surface area contributed by atoms with Crippen LogP contribution in [0.4, 0.5) is 13.2 Å². The zero-order valence-electron chi connectivity index (χ0n) is 15.4. The fourth-order valence-corrected chi connectivity index (χ4v) is 3.51. The van der Waals surface area contributed by atoms with Crippen molar-refractivity contribution in [2.45, 2.75) is 31.0 Å². The Labute approximate surface area is 156 Å². The monoisotopic (exact) mass is 384 g/mol. The van der Waals surface area contributed by atoms with Crippen molar-refractivity contribution in [3.8, 4) is 0 Å². The summed E-state index contributed by atoms with van der Waals surface area (Å²) in [6, 6.07) is 0. The summed E-state index contributed by atoms with van der Waals surface area (Å²) in [6.07, 6.45) is 6.00. The molecule has 148 valence electrons. The molecule has 0 spiro atoms. The van der Waals surface area contributed by atoms with Crippen LogP contribution in [0.25, 0.3) is 0 Å². The van der Waals surface area contributed by atoms with Crippen LogP contribution >= 0.6 is 0 Å². The van der Waals surface area contributed by atoms with Crippen molar-refractivity contribution in [3.05, 3.63) is 59.2 Å². The van der Waals surface area contributed by atoms with Crippen LogP contribution in [0.3, 0.4) is 0 Å². The highest BCUT2D eigenvalue weighted by molar-refractivity contribution is 5.50. The van der Waals surface area contributed by atoms with Crippen molar-refractivity contribution in [3.63, 3.8) is 0 Å². The Kier molecular flexibility index (Phi) is 5.67. The van der Waals surface area contributed by atoms with Gasteiger partial charge in [0, 0.05) is 44.1 Å². The van der Waals surface area contributed by atoms with Gasteiger partial charge in [-0.2, -0.15) is 13.2 Å². The van der Waals surface area contributed by atoms with Gasteiger partial charge in [0.05, 0.1) is 7.11 Å². The van der Waals surface area contributed by atoms with Crippen molar-refractivity contribution >= 4 is 0 Å². The average molecular weight is 384 g/mol. The van der Waals surface area contributed by atoms with Crippen molar-refractivity contribution < 1.29 is 27.4 Å². The van der Waals surface area contributed by atoms with E-state index in [0.717, 1.165) is 16.7 Å². The number of nitrogens with one attached hydrogen (secondary N) is 1. The molecule has 0 radical (unpaired) electrons. The van der Waals surface area contributed by atoms with E-state index in [9.17, 15) is 13.2 Å². The Balaban J connectivity index is 1.79. The largest absolute Gasteiger partial charge is 0.498 e. The van der Waals surface area contributed by atoms with Crippen LogP contribution < -0.4 is 5.32 Å². The van der Waals surface area contributed by atoms with Crippen LogP contribution in [0.2, 0.25) is 0 Å². The number of likely N-dealkylation sites (N-methyl/N-ethyl adjacent to an activating group) is 1. The number of hydrogen-bond acceptors (Lipinski definition) is 5. The van der Waals surface area contributed by atoms with Gasteiger partial charge >= 0.3 is 6.18 Å². The van der Waals surface area contributed by atoms with Gasteiger partial charge in [-0.25, -0.2) is 0 Å². The van der Waals surface area contributed by atoms with E-state index in [-0.39, 0.29) is 18.7 Å². The highest BCUT2D eigenvalue weighted by Crippen LogP contribution is 2.35. The molecule has 3 unspecified atom stereocenters. The highest BCUT2D eigenvalue weighted by Gasteiger charge is 2.36. The van der Waals surface area contributed by atoms with E-state index in [0.29, 0.717) is 5.76 Å². The second-order valence-corrected chi connectivity index (χ2v) is 6.55. The van der Waals surface area contributed by atoms with Crippen LogP contribution in [-0.4, -0.2) is 57.3 Å². The molecular formula is C19H23F3N2O3. The predicted octanol–water partition coefficient (Wildman–Crippen LogP) is 3.01. The van der Waals surface area contributed by atoms with Crippen LogP contribution in [0.5, 0.6) is 0 Å². The summed E-state index contributed by atoms with van der Waals surface area (Å²) in [5.74, 6) is 0.369. The van der Waals surface area contributed by atoms with Gasteiger partial charge in [-0.15, -0.1) is 0 Å². The smallest absolute Gasteiger partial charge is 0.411 e. The van der Waals surface area contributed by atoms with Crippen molar-refractivity contribution in [2.75, 3.05) is 27.9 Å². The SMILES string of the molecule is COC1=CC=C(C(OC)C2=CNC3C2=CC=CN3C)CC1OCC(F)(F)F. The number of fused-ring (bicyclic) bond motifs is 1. The molecule has 2 heterocycles. The molecule has 2 aliphatic heterocycles. The summed E-state index contributed by atoms with van der Waals surface area (Å²) in [5, 5.41) is 3.31. The second-order valence-electron chi connectivity index (χ2n) is 6.55. The zero-order chi connectivity index (χ0) is 19.6. The Bertz CT molecular complexity index is 722. The maximum atomic E-state index is 12.6. The molecule has 3 atom stereocenters. The van der Waals surface area contributed by atoms with E-state index in [4.69, 9.17) is 14.2 Å². The van der Waals surface area contributed by atoms with Gasteiger partial charge in [-0.1, -0.05) is 12.2 Å². The minimum Gasteiger partial charge on any atom is -0.498 e. The molecule has 1 N–H and O–H groups in total. The fourth-order valence-electron chi connectivity index (χ4n) is 3.51. The average Bonchev–Trinajstić information content (AvgIpc) is 3.05. The number of ether oxygens (including phenoxy) is 3. The molecule has 3 rings (SSSR count). The summed E-state index contributed by atoms with van der Waals surface area (Å²) in [6.45, 7) is -1.32. The van der Waals surface area contributed by atoms with Crippen molar-refractivity contribution in [2.24, 2.45) is 0 Å². The quantitative estimate of drug-likeness (QED) is 0.763. The number of alkyl halides is 3. The molecule has 0 saturated heterocycles. The van der Waals surface area contributed by atoms with Gasteiger partial charge in [0.2, 0.25) is 0 Å². The van der Waals surface area contributed by atoms with E-state index in [1.54, 1.807) is 13.2 Å². The Hall–Kier alpha value is -2.19. The van der Waals surface area contributed by atoms with Crippen LogP contribution in [0.15, 0.2) is 59.2 Å². The van der Waals surface area contributed by atoms with Gasteiger partial charge < -0.3 is 24.4 Å². The third-order valence-corrected chi connectivity index (χ3v) is 4.77. The summed E-state index contributed by atoms with van der Waals surface area (Å²) < 4.78 is 53.7. The van der Waals surface area contributed by atoms with E-state index in [1.165, 1.54) is 7.11 Å². The first kappa shape index (κ1) is 19.6. The number of allylic oxidation sites excluding steroid dienone is 4. The standard InChI is InChI=1S/C19H23F3N2O3/c1-24-8-4-5-13-14(10-23-18(13)24)17(26-3)12-6-7-15(25-2)16(9-12)27-11-19(20,21)22/h4-8,10,16-18,23H,9,11H2,1-3H3. The lowest BCUT2D eigenvalue weighted by Crippen LogP contribution is -2.38. The molecule has 0 saturated carbocycles. The van der Waals surface area contributed by atoms with E-state index < -0.39 is 18.9 Å². The number of halogens is 3. The van der Waals surface area contributed by atoms with Crippen LogP contribution in [-0.2, 0) is 14.2 Å². The zero-order valence-corrected chi connectivity index (χ0v) is 15.4. The van der Waals surface area contributed by atoms with Crippen molar-refractivity contribution in [1.82, 2.24) is 10.2 Å². The molecule has 0 aromatic rings. The summed E-state index contributed by atoms with van der Waals surface area (Å²) in [4.78, 5) is 2.04. The van der Waals surface area contributed by atoms with E-state index in [1.807, 2.05) is 42.6 Å². The summed E-state index contributed by atoms with van der Waals surface area (Å²) in [5.41, 5.74) is 2.85. The first-order chi connectivity index (χ1) is 12.8. The molecule has 0 aromatic carbocycles. The predicted molar refractivity (Wildman–Crippen MR) is 94.4 cm³/mol. The first-order valence-corrected chi connectivity index (χ1v) is 8.56. The van der Waals surface area contributed by atoms with Crippen LogP contribution in [0.1, 0.15) is 6.42 Å². The van der Waals surface area contributed by atoms with E-state index in [2.05, 4.69) is 5.32 Å². The molecule has 0 aromatic heterocycles. The minimum absolute atomic E-state index is 0.0224. The van der Waals surface area contributed by atoms with Crippen molar-refractivity contribution in [1.29, 1.82) is 0 Å². The van der Waals surface area contributed by atoms with Gasteiger partial charge in [-0.05, 0) is 17.7 Å². The number of nitrogens with zero attached hydrogens (tertiary/aromatic N) is 1. The lowest BCUT2D eigenvalue weighted by atomic mass is 9.89. The lowest BCUT2D eigenvalue weighted by molar-refractivity contribution is -0.184. The number of hydrogen-bond donors (Lipinski definition) is 1. The second kappa shape index (κ2) is 7.82. The summed E-state index contributed by atoms with van der Waals surface area (Å²) >= 11 is 0. The molecular weight excluding hydrogens is 361 g/mol. The molecule has 0 fully saturated rings. The topological polar surface area (TPSA) is 43.0 Å². The maximum absolute atomic E-state index is 12.6.